The molecule has 48 valence electrons. The third kappa shape index (κ3) is 1.28. The van der Waals surface area contributed by atoms with Crippen LogP contribution in [0.5, 0.6) is 0 Å². The minimum atomic E-state index is -0.829. The predicted octanol–water partition coefficient (Wildman–Crippen LogP) is 0.800. The molecule has 1 rings (SSSR count). The Hall–Kier alpha value is -0.410. The zero-order chi connectivity index (χ0) is 6.85. The molecule has 5 heteroatoms. The lowest BCUT2D eigenvalue weighted by Gasteiger charge is -2.02. The summed E-state index contributed by atoms with van der Waals surface area (Å²) in [6.07, 6.45) is 1.05. The molecule has 0 amide bonds. The lowest BCUT2D eigenvalue weighted by Crippen LogP contribution is -2.24. The van der Waals surface area contributed by atoms with Crippen LogP contribution < -0.4 is 0 Å². The van der Waals surface area contributed by atoms with Crippen molar-refractivity contribution in [2.45, 2.75) is 5.38 Å². The van der Waals surface area contributed by atoms with E-state index in [4.69, 9.17) is 23.2 Å². The van der Waals surface area contributed by atoms with Gasteiger partial charge in [0.25, 0.3) is 0 Å². The summed E-state index contributed by atoms with van der Waals surface area (Å²) in [4.78, 5) is 10.6. The number of ketones is 1. The number of carbonyl (C=O) groups excluding carboxylic acids is 1. The van der Waals surface area contributed by atoms with Gasteiger partial charge < -0.3 is 0 Å². The molecular formula is C4H2Cl2N2O. The second-order valence-corrected chi connectivity index (χ2v) is 2.26. The summed E-state index contributed by atoms with van der Waals surface area (Å²) in [5.41, 5.74) is 0. The molecule has 1 unspecified atom stereocenters. The van der Waals surface area contributed by atoms with Gasteiger partial charge in [-0.2, -0.15) is 5.10 Å². The third-order valence-electron chi connectivity index (χ3n) is 0.797. The van der Waals surface area contributed by atoms with E-state index in [1.807, 2.05) is 0 Å². The fourth-order valence-corrected chi connectivity index (χ4v) is 0.626. The van der Waals surface area contributed by atoms with Gasteiger partial charge >= 0.3 is 0 Å². The first kappa shape index (κ1) is 6.71. The van der Waals surface area contributed by atoms with Crippen molar-refractivity contribution in [3.8, 4) is 0 Å². The average molecular weight is 165 g/mol. The van der Waals surface area contributed by atoms with Crippen LogP contribution in [0.15, 0.2) is 10.2 Å². The second kappa shape index (κ2) is 2.45. The summed E-state index contributed by atoms with van der Waals surface area (Å²) in [6.45, 7) is 0. The highest BCUT2D eigenvalue weighted by Gasteiger charge is 2.21. The highest BCUT2D eigenvalue weighted by atomic mass is 35.5. The summed E-state index contributed by atoms with van der Waals surface area (Å²) in [5, 5.41) is 5.85. The van der Waals surface area contributed by atoms with E-state index in [1.165, 1.54) is 0 Å². The molecule has 0 aromatic carbocycles. The molecule has 0 saturated heterocycles. The van der Waals surface area contributed by atoms with E-state index in [2.05, 4.69) is 10.2 Å². The molecule has 0 spiro atoms. The summed E-state index contributed by atoms with van der Waals surface area (Å²) in [6, 6.07) is 0. The summed E-state index contributed by atoms with van der Waals surface area (Å²) >= 11 is 10.8. The molecule has 9 heavy (non-hydrogen) atoms. The van der Waals surface area contributed by atoms with Crippen LogP contribution in [-0.4, -0.2) is 22.5 Å². The van der Waals surface area contributed by atoms with Gasteiger partial charge in [-0.25, -0.2) is 0 Å². The van der Waals surface area contributed by atoms with Crippen LogP contribution in [0.25, 0.3) is 0 Å². The maximum Gasteiger partial charge on any atom is 0.200 e. The minimum absolute atomic E-state index is 0.0316. The fraction of sp³-hybridized carbons (Fsp3) is 0.250. The first-order valence-corrected chi connectivity index (χ1v) is 2.97. The van der Waals surface area contributed by atoms with Crippen molar-refractivity contribution >= 4 is 40.4 Å². The van der Waals surface area contributed by atoms with Crippen molar-refractivity contribution in [1.29, 1.82) is 0 Å². The number of rotatable bonds is 0. The molecule has 0 N–H and O–H groups in total. The predicted molar refractivity (Wildman–Crippen MR) is 36.4 cm³/mol. The molecular weight excluding hydrogens is 163 g/mol. The zero-order valence-electron chi connectivity index (χ0n) is 4.21. The number of carbonyl (C=O) groups is 1. The van der Waals surface area contributed by atoms with Crippen LogP contribution in [0.1, 0.15) is 0 Å². The van der Waals surface area contributed by atoms with Crippen molar-refractivity contribution < 1.29 is 4.79 Å². The summed E-state index contributed by atoms with van der Waals surface area (Å²) in [5.74, 6) is -0.323. The van der Waals surface area contributed by atoms with E-state index in [1.54, 1.807) is 0 Å². The zero-order valence-corrected chi connectivity index (χ0v) is 5.73. The molecule has 1 aliphatic rings. The monoisotopic (exact) mass is 164 g/mol. The normalized spacial score (nSPS) is 26.2. The Morgan fingerprint density at radius 2 is 2.33 bits per heavy atom. The van der Waals surface area contributed by atoms with Gasteiger partial charge in [-0.15, -0.1) is 16.7 Å². The fourth-order valence-electron chi connectivity index (χ4n) is 0.374. The molecule has 0 radical (unpaired) electrons. The minimum Gasteiger partial charge on any atom is -0.291 e. The molecule has 3 nitrogen and oxygen atoms in total. The molecule has 0 aromatic rings. The lowest BCUT2D eigenvalue weighted by molar-refractivity contribution is -0.111. The Morgan fingerprint density at radius 3 is 2.78 bits per heavy atom. The molecule has 0 aromatic heterocycles. The van der Waals surface area contributed by atoms with E-state index >= 15 is 0 Å². The topological polar surface area (TPSA) is 41.8 Å². The Labute approximate surface area is 61.4 Å². The molecule has 0 saturated carbocycles. The van der Waals surface area contributed by atoms with Gasteiger partial charge in [0.15, 0.2) is 10.5 Å². The van der Waals surface area contributed by atoms with Gasteiger partial charge in [-0.05, 0) is 0 Å². The van der Waals surface area contributed by atoms with Gasteiger partial charge in [-0.3, -0.25) is 4.79 Å². The highest BCUT2D eigenvalue weighted by Crippen LogP contribution is 2.07. The Kier molecular flexibility index (Phi) is 1.83. The summed E-state index contributed by atoms with van der Waals surface area (Å²) in [7, 11) is 0. The standard InChI is InChI=1S/C4H2Cl2N2O/c5-3-2(9)1-7-8-4(3)6/h1,3H. The second-order valence-electron chi connectivity index (χ2n) is 1.43. The largest absolute Gasteiger partial charge is 0.291 e. The molecule has 1 heterocycles. The van der Waals surface area contributed by atoms with Crippen molar-refractivity contribution in [2.24, 2.45) is 10.2 Å². The third-order valence-corrected chi connectivity index (χ3v) is 1.62. The lowest BCUT2D eigenvalue weighted by atomic mass is 10.3. The van der Waals surface area contributed by atoms with Crippen LogP contribution in [0.2, 0.25) is 0 Å². The number of halogens is 2. The van der Waals surface area contributed by atoms with Crippen molar-refractivity contribution in [1.82, 2.24) is 0 Å². The Bertz CT molecular complexity index is 199. The quantitative estimate of drug-likeness (QED) is 0.489. The molecule has 0 aliphatic carbocycles. The van der Waals surface area contributed by atoms with Gasteiger partial charge in [-0.1, -0.05) is 11.6 Å². The van der Waals surface area contributed by atoms with E-state index < -0.39 is 5.38 Å². The molecule has 0 fully saturated rings. The smallest absolute Gasteiger partial charge is 0.200 e. The molecule has 1 aliphatic heterocycles. The van der Waals surface area contributed by atoms with E-state index in [9.17, 15) is 4.79 Å². The Balaban J connectivity index is 2.86. The van der Waals surface area contributed by atoms with Gasteiger partial charge in [0.2, 0.25) is 5.78 Å². The maximum atomic E-state index is 10.6. The number of alkyl halides is 1. The van der Waals surface area contributed by atoms with Crippen LogP contribution in [-0.2, 0) is 4.79 Å². The Morgan fingerprint density at radius 1 is 1.67 bits per heavy atom. The highest BCUT2D eigenvalue weighted by molar-refractivity contribution is 6.76. The van der Waals surface area contributed by atoms with E-state index in [-0.39, 0.29) is 11.0 Å². The average Bonchev–Trinajstić information content (AvgIpc) is 1.83. The van der Waals surface area contributed by atoms with Gasteiger partial charge in [0.1, 0.15) is 0 Å². The van der Waals surface area contributed by atoms with Crippen LogP contribution in [0.4, 0.5) is 0 Å². The van der Waals surface area contributed by atoms with Crippen LogP contribution in [0, 0.1) is 0 Å². The van der Waals surface area contributed by atoms with Crippen LogP contribution in [0.3, 0.4) is 0 Å². The number of hydrogen-bond donors (Lipinski definition) is 0. The first-order chi connectivity index (χ1) is 4.22. The number of nitrogens with zero attached hydrogens (tertiary/aromatic N) is 2. The first-order valence-electron chi connectivity index (χ1n) is 2.16. The number of Topliss-reactive ketones (excluding diaryl/α,β-unsaturated/α-hetero) is 1. The summed E-state index contributed by atoms with van der Waals surface area (Å²) < 4.78 is 0. The van der Waals surface area contributed by atoms with Crippen molar-refractivity contribution in [3.63, 3.8) is 0 Å². The molecule has 1 atom stereocenters. The maximum absolute atomic E-state index is 10.6. The SMILES string of the molecule is O=C1C=NN=C(Cl)C1Cl. The van der Waals surface area contributed by atoms with Gasteiger partial charge in [0.05, 0.1) is 6.21 Å². The number of hydrogen-bond acceptors (Lipinski definition) is 3. The van der Waals surface area contributed by atoms with Crippen molar-refractivity contribution in [2.75, 3.05) is 0 Å². The van der Waals surface area contributed by atoms with Crippen molar-refractivity contribution in [3.05, 3.63) is 0 Å². The van der Waals surface area contributed by atoms with E-state index in [0.717, 1.165) is 6.21 Å². The molecule has 0 bridgehead atoms. The van der Waals surface area contributed by atoms with E-state index in [0.29, 0.717) is 0 Å². The van der Waals surface area contributed by atoms with Gasteiger partial charge in [0, 0.05) is 0 Å². The van der Waals surface area contributed by atoms with Crippen LogP contribution >= 0.6 is 23.2 Å².